The Kier molecular flexibility index (Phi) is 7.60. The van der Waals surface area contributed by atoms with Gasteiger partial charge >= 0.3 is 235 Å². The van der Waals surface area contributed by atoms with Gasteiger partial charge in [-0.2, -0.15) is 0 Å². The number of hydrogen-bond donors (Lipinski definition) is 3. The van der Waals surface area contributed by atoms with Gasteiger partial charge in [-0.1, -0.05) is 0 Å². The molecule has 6 nitrogen and oxygen atoms in total. The minimum absolute atomic E-state index is 0.280. The maximum atomic E-state index is 8.12. The minimum atomic E-state index is -3.37. The number of aliphatic imine (C=N–C) groups is 1. The van der Waals surface area contributed by atoms with Crippen LogP contribution in [0.2, 0.25) is 0 Å². The van der Waals surface area contributed by atoms with Crippen LogP contribution >= 0.6 is 17.2 Å². The molecule has 39 heavy (non-hydrogen) atoms. The Balaban J connectivity index is 1.44. The summed E-state index contributed by atoms with van der Waals surface area (Å²) in [6.45, 7) is 0.453. The molecule has 0 spiro atoms. The molecule has 1 heterocycles. The van der Waals surface area contributed by atoms with E-state index in [2.05, 4.69) is 88.4 Å². The van der Waals surface area contributed by atoms with Gasteiger partial charge in [0.2, 0.25) is 0 Å². The average Bonchev–Trinajstić information content (AvgIpc) is 2.98. The van der Waals surface area contributed by atoms with Crippen LogP contribution in [0.15, 0.2) is 120 Å². The molecule has 0 fully saturated rings. The van der Waals surface area contributed by atoms with Gasteiger partial charge in [0, 0.05) is 0 Å². The van der Waals surface area contributed by atoms with E-state index in [1.54, 1.807) is 0 Å². The van der Waals surface area contributed by atoms with Crippen molar-refractivity contribution in [3.8, 4) is 5.75 Å². The summed E-state index contributed by atoms with van der Waals surface area (Å²) in [5.41, 5.74) is 6.99. The second-order valence-electron chi connectivity index (χ2n) is 9.76. The third-order valence-corrected chi connectivity index (χ3v) is 14.5. The summed E-state index contributed by atoms with van der Waals surface area (Å²) in [6, 6.07) is 39.3. The third-order valence-electron chi connectivity index (χ3n) is 7.09. The van der Waals surface area contributed by atoms with Gasteiger partial charge < -0.3 is 0 Å². The number of halogens is 1. The van der Waals surface area contributed by atoms with Gasteiger partial charge in [0.05, 0.1) is 0 Å². The molecule has 8 heteroatoms. The molecule has 4 aromatic rings. The number of hydrogen-bond acceptors (Lipinski definition) is 3. The molecule has 1 unspecified atom stereocenters. The van der Waals surface area contributed by atoms with Crippen LogP contribution in [-0.2, 0) is 0 Å². The molecule has 5 rings (SSSR count). The quantitative estimate of drug-likeness (QED) is 0.227. The Morgan fingerprint density at radius 3 is 1.74 bits per heavy atom. The average molecular weight is 559 g/mol. The molecular formula is C31H34ClN5OP+. The van der Waals surface area contributed by atoms with Gasteiger partial charge in [-0.3, -0.25) is 0 Å². The molecule has 0 radical (unpaired) electrons. The van der Waals surface area contributed by atoms with Crippen LogP contribution in [-0.4, -0.2) is 43.4 Å². The molecule has 0 aromatic heterocycles. The van der Waals surface area contributed by atoms with Crippen molar-refractivity contribution in [3.05, 3.63) is 121 Å². The first kappa shape index (κ1) is 26.7. The zero-order valence-electron chi connectivity index (χ0n) is 22.2. The number of nitrogens with one attached hydrogen (secondary N) is 2. The molecule has 200 valence electrons. The number of benzene rings is 4. The predicted octanol–water partition coefficient (Wildman–Crippen LogP) is 3.88. The van der Waals surface area contributed by atoms with Crippen LogP contribution in [0.25, 0.3) is 0 Å². The molecular weight excluding hydrogens is 525 g/mol. The van der Waals surface area contributed by atoms with Gasteiger partial charge in [-0.15, -0.1) is 0 Å². The number of nitrogens with zero attached hydrogens (tertiary/aromatic N) is 2. The topological polar surface area (TPSA) is 74.7 Å². The predicted molar refractivity (Wildman–Crippen MR) is 166 cm³/mol. The van der Waals surface area contributed by atoms with Gasteiger partial charge in [0.15, 0.2) is 0 Å². The van der Waals surface area contributed by atoms with E-state index in [9.17, 15) is 0 Å². The first-order valence-corrected chi connectivity index (χ1v) is 16.2. The van der Waals surface area contributed by atoms with E-state index in [1.807, 2.05) is 61.1 Å². The Morgan fingerprint density at radius 2 is 1.28 bits per heavy atom. The van der Waals surface area contributed by atoms with Crippen molar-refractivity contribution in [1.82, 2.24) is 10.6 Å². The first-order chi connectivity index (χ1) is 18.9. The third kappa shape index (κ3) is 5.23. The maximum absolute atomic E-state index is 8.12. The molecule has 1 aliphatic heterocycles. The fourth-order valence-corrected chi connectivity index (χ4v) is 10.7. The molecule has 4 N–H and O–H groups in total. The second-order valence-corrected chi connectivity index (χ2v) is 16.4. The van der Waals surface area contributed by atoms with Gasteiger partial charge in [0.25, 0.3) is 0 Å². The van der Waals surface area contributed by atoms with Crippen molar-refractivity contribution in [1.29, 1.82) is 0 Å². The zero-order valence-corrected chi connectivity index (χ0v) is 23.8. The van der Waals surface area contributed by atoms with Crippen LogP contribution < -0.4 is 37.0 Å². The SMILES string of the molecule is C[N+](C)=C1NC(N)=NC(c2ccc(OCCP(Cl)(c3ccccc3)(c3ccccc3)c3ccccc3)cc2)N1. The second kappa shape index (κ2) is 11.1. The number of rotatable bonds is 8. The molecule has 0 aliphatic carbocycles. The number of nitrogens with two attached hydrogens (primary N) is 1. The standard InChI is InChI=1S/C31H33ClN5OP/c1-37(2)31-35-29(34-30(33)36-31)24-18-20-25(21-19-24)38-22-23-39(32,26-12-6-3-7-13-26,27-14-8-4-9-15-27)28-16-10-5-11-17-28/h3-21,29H,22-23H2,1-2H3,(H3,33,34,35,36)/p+1. The van der Waals surface area contributed by atoms with E-state index in [-0.39, 0.29) is 6.17 Å². The van der Waals surface area contributed by atoms with Crippen molar-refractivity contribution < 1.29 is 9.31 Å². The summed E-state index contributed by atoms with van der Waals surface area (Å²) in [5, 5.41) is 9.77. The van der Waals surface area contributed by atoms with Crippen LogP contribution in [0, 0.1) is 0 Å². The number of guanidine groups is 2. The summed E-state index contributed by atoms with van der Waals surface area (Å²) in [5.74, 6) is -1.42. The molecule has 0 bridgehead atoms. The fourth-order valence-electron chi connectivity index (χ4n) is 5.02. The molecule has 0 saturated carbocycles. The Hall–Kier alpha value is -3.86. The van der Waals surface area contributed by atoms with Crippen LogP contribution in [0.4, 0.5) is 0 Å². The molecule has 1 atom stereocenters. The van der Waals surface area contributed by atoms with E-state index in [0.29, 0.717) is 18.7 Å². The molecule has 1 aliphatic rings. The summed E-state index contributed by atoms with van der Waals surface area (Å²) in [7, 11) is 3.88. The van der Waals surface area contributed by atoms with Crippen LogP contribution in [0.3, 0.4) is 0 Å². The van der Waals surface area contributed by atoms with Gasteiger partial charge in [0.1, 0.15) is 0 Å². The number of ether oxygens (including phenoxy) is 1. The zero-order chi connectivity index (χ0) is 27.3. The summed E-state index contributed by atoms with van der Waals surface area (Å²) in [4.78, 5) is 4.49. The van der Waals surface area contributed by atoms with Crippen LogP contribution in [0.5, 0.6) is 5.75 Å². The monoisotopic (exact) mass is 558 g/mol. The molecule has 0 amide bonds. The van der Waals surface area contributed by atoms with Crippen LogP contribution in [0.1, 0.15) is 11.7 Å². The first-order valence-electron chi connectivity index (χ1n) is 12.9. The Morgan fingerprint density at radius 1 is 0.795 bits per heavy atom. The van der Waals surface area contributed by atoms with Crippen molar-refractivity contribution in [2.45, 2.75) is 6.17 Å². The Bertz CT molecular complexity index is 1370. The molecule has 0 saturated heterocycles. The van der Waals surface area contributed by atoms with Crippen molar-refractivity contribution in [2.75, 3.05) is 26.9 Å². The van der Waals surface area contributed by atoms with Gasteiger partial charge in [-0.25, -0.2) is 0 Å². The fraction of sp³-hybridized carbons (Fsp3) is 0.161. The van der Waals surface area contributed by atoms with E-state index < -0.39 is 5.96 Å². The van der Waals surface area contributed by atoms with E-state index in [0.717, 1.165) is 33.2 Å². The van der Waals surface area contributed by atoms with E-state index in [4.69, 9.17) is 21.7 Å². The molecule has 4 aromatic carbocycles. The van der Waals surface area contributed by atoms with Crippen molar-refractivity contribution >= 4 is 45.0 Å². The Labute approximate surface area is 234 Å². The summed E-state index contributed by atoms with van der Waals surface area (Å²) >= 11 is 8.12. The van der Waals surface area contributed by atoms with Crippen molar-refractivity contribution in [2.24, 2.45) is 10.7 Å². The van der Waals surface area contributed by atoms with E-state index in [1.165, 1.54) is 0 Å². The van der Waals surface area contributed by atoms with Crippen molar-refractivity contribution in [3.63, 3.8) is 0 Å². The normalized spacial score (nSPS) is 16.2. The summed E-state index contributed by atoms with van der Waals surface area (Å²) < 4.78 is 8.28. The van der Waals surface area contributed by atoms with E-state index >= 15 is 0 Å². The summed E-state index contributed by atoms with van der Waals surface area (Å²) in [6.07, 6.45) is 0.364. The van der Waals surface area contributed by atoms with Gasteiger partial charge in [-0.05, 0) is 0 Å².